The molecule has 0 amide bonds. The average molecular weight is 174 g/mol. The highest BCUT2D eigenvalue weighted by Crippen LogP contribution is 2.42. The molecular weight excluding hydrogens is 164 g/mol. The monoisotopic (exact) mass is 174 g/mol. The molecule has 3 rings (SSSR count). The van der Waals surface area contributed by atoms with Gasteiger partial charge in [-0.1, -0.05) is 12.1 Å². The average Bonchev–Trinajstić information content (AvgIpc) is 2.87. The summed E-state index contributed by atoms with van der Waals surface area (Å²) in [6, 6.07) is 5.53. The Balaban J connectivity index is 2.32. The maximum absolute atomic E-state index is 9.50. The van der Waals surface area contributed by atoms with Crippen LogP contribution in [0.5, 0.6) is 5.75 Å². The summed E-state index contributed by atoms with van der Waals surface area (Å²) in [5, 5.41) is 17.7. The SMILES string of the molecule is Oc1cccc2c(C3CC3)[nH]nc12. The van der Waals surface area contributed by atoms with Crippen molar-refractivity contribution < 1.29 is 5.11 Å². The quantitative estimate of drug-likeness (QED) is 0.695. The van der Waals surface area contributed by atoms with Crippen LogP contribution in [0.1, 0.15) is 24.5 Å². The molecule has 2 N–H and O–H groups in total. The predicted octanol–water partition coefficient (Wildman–Crippen LogP) is 2.15. The van der Waals surface area contributed by atoms with Crippen molar-refractivity contribution in [2.24, 2.45) is 0 Å². The van der Waals surface area contributed by atoms with Crippen LogP contribution in [0.2, 0.25) is 0 Å². The second-order valence-corrected chi connectivity index (χ2v) is 3.58. The number of para-hydroxylation sites is 1. The van der Waals surface area contributed by atoms with Gasteiger partial charge in [0, 0.05) is 17.0 Å². The zero-order chi connectivity index (χ0) is 8.84. The van der Waals surface area contributed by atoms with Crippen LogP contribution in [0.15, 0.2) is 18.2 Å². The first-order chi connectivity index (χ1) is 6.36. The van der Waals surface area contributed by atoms with E-state index < -0.39 is 0 Å². The first-order valence-electron chi connectivity index (χ1n) is 4.52. The molecule has 66 valence electrons. The Bertz CT molecular complexity index is 457. The zero-order valence-corrected chi connectivity index (χ0v) is 7.12. The number of phenols is 1. The summed E-state index contributed by atoms with van der Waals surface area (Å²) in [6.45, 7) is 0. The largest absolute Gasteiger partial charge is 0.506 e. The van der Waals surface area contributed by atoms with Crippen molar-refractivity contribution in [1.82, 2.24) is 10.2 Å². The van der Waals surface area contributed by atoms with Crippen molar-refractivity contribution in [3.8, 4) is 5.75 Å². The van der Waals surface area contributed by atoms with E-state index in [1.807, 2.05) is 12.1 Å². The fourth-order valence-corrected chi connectivity index (χ4v) is 1.73. The van der Waals surface area contributed by atoms with E-state index in [2.05, 4.69) is 10.2 Å². The molecule has 1 aromatic heterocycles. The molecule has 3 heteroatoms. The third-order valence-electron chi connectivity index (χ3n) is 2.58. The molecule has 1 heterocycles. The Morgan fingerprint density at radius 1 is 1.38 bits per heavy atom. The predicted molar refractivity (Wildman–Crippen MR) is 49.7 cm³/mol. The van der Waals surface area contributed by atoms with Crippen LogP contribution in [0.4, 0.5) is 0 Å². The van der Waals surface area contributed by atoms with Crippen molar-refractivity contribution in [2.75, 3.05) is 0 Å². The number of H-pyrrole nitrogens is 1. The highest BCUT2D eigenvalue weighted by atomic mass is 16.3. The summed E-state index contributed by atoms with van der Waals surface area (Å²) < 4.78 is 0. The van der Waals surface area contributed by atoms with Gasteiger partial charge in [0.15, 0.2) is 0 Å². The number of hydrogen-bond donors (Lipinski definition) is 2. The van der Waals surface area contributed by atoms with E-state index in [1.54, 1.807) is 6.07 Å². The number of fused-ring (bicyclic) bond motifs is 1. The first-order valence-corrected chi connectivity index (χ1v) is 4.52. The van der Waals surface area contributed by atoms with Gasteiger partial charge >= 0.3 is 0 Å². The molecule has 0 atom stereocenters. The van der Waals surface area contributed by atoms with E-state index in [4.69, 9.17) is 0 Å². The third kappa shape index (κ3) is 0.932. The lowest BCUT2D eigenvalue weighted by molar-refractivity contribution is 0.480. The lowest BCUT2D eigenvalue weighted by Crippen LogP contribution is -1.78. The van der Waals surface area contributed by atoms with Crippen molar-refractivity contribution >= 4 is 10.9 Å². The van der Waals surface area contributed by atoms with Crippen LogP contribution in [-0.4, -0.2) is 15.3 Å². The Labute approximate surface area is 75.4 Å². The smallest absolute Gasteiger partial charge is 0.143 e. The van der Waals surface area contributed by atoms with Crippen LogP contribution in [0.25, 0.3) is 10.9 Å². The van der Waals surface area contributed by atoms with Crippen molar-refractivity contribution in [3.63, 3.8) is 0 Å². The maximum Gasteiger partial charge on any atom is 0.143 e. The fourth-order valence-electron chi connectivity index (χ4n) is 1.73. The fraction of sp³-hybridized carbons (Fsp3) is 0.300. The molecule has 0 radical (unpaired) electrons. The molecule has 3 nitrogen and oxygen atoms in total. The molecule has 1 fully saturated rings. The number of aromatic hydroxyl groups is 1. The summed E-state index contributed by atoms with van der Waals surface area (Å²) in [7, 11) is 0. The Morgan fingerprint density at radius 3 is 3.00 bits per heavy atom. The zero-order valence-electron chi connectivity index (χ0n) is 7.12. The number of aromatic amines is 1. The van der Waals surface area contributed by atoms with Gasteiger partial charge < -0.3 is 5.11 Å². The van der Waals surface area contributed by atoms with Crippen LogP contribution >= 0.6 is 0 Å². The van der Waals surface area contributed by atoms with Gasteiger partial charge in [-0.25, -0.2) is 0 Å². The Morgan fingerprint density at radius 2 is 2.23 bits per heavy atom. The number of hydrogen-bond acceptors (Lipinski definition) is 2. The van der Waals surface area contributed by atoms with Crippen molar-refractivity contribution in [2.45, 2.75) is 18.8 Å². The molecule has 0 spiro atoms. The van der Waals surface area contributed by atoms with Gasteiger partial charge in [0.2, 0.25) is 0 Å². The molecule has 1 saturated carbocycles. The number of nitrogens with one attached hydrogen (secondary N) is 1. The summed E-state index contributed by atoms with van der Waals surface area (Å²) in [4.78, 5) is 0. The maximum atomic E-state index is 9.50. The summed E-state index contributed by atoms with van der Waals surface area (Å²) in [6.07, 6.45) is 2.49. The lowest BCUT2D eigenvalue weighted by Gasteiger charge is -1.93. The number of benzene rings is 1. The van der Waals surface area contributed by atoms with E-state index in [0.717, 1.165) is 5.39 Å². The minimum absolute atomic E-state index is 0.264. The van der Waals surface area contributed by atoms with E-state index in [1.165, 1.54) is 18.5 Å². The summed E-state index contributed by atoms with van der Waals surface area (Å²) >= 11 is 0. The highest BCUT2D eigenvalue weighted by Gasteiger charge is 2.27. The molecule has 13 heavy (non-hydrogen) atoms. The minimum atomic E-state index is 0.264. The Hall–Kier alpha value is -1.51. The minimum Gasteiger partial charge on any atom is -0.506 e. The van der Waals surface area contributed by atoms with Gasteiger partial charge in [0.05, 0.1) is 0 Å². The molecule has 2 aromatic rings. The van der Waals surface area contributed by atoms with Gasteiger partial charge in [-0.2, -0.15) is 5.10 Å². The second-order valence-electron chi connectivity index (χ2n) is 3.58. The molecule has 1 aliphatic rings. The second kappa shape index (κ2) is 2.25. The normalized spacial score (nSPS) is 16.6. The van der Waals surface area contributed by atoms with Crippen LogP contribution in [0, 0.1) is 0 Å². The lowest BCUT2D eigenvalue weighted by atomic mass is 10.1. The standard InChI is InChI=1S/C10H10N2O/c13-8-3-1-2-7-9(6-4-5-6)11-12-10(7)8/h1-3,6,13H,4-5H2,(H,11,12). The van der Waals surface area contributed by atoms with Gasteiger partial charge in [0.1, 0.15) is 11.3 Å². The Kier molecular flexibility index (Phi) is 1.20. The third-order valence-corrected chi connectivity index (χ3v) is 2.58. The van der Waals surface area contributed by atoms with Gasteiger partial charge in [-0.05, 0) is 18.9 Å². The van der Waals surface area contributed by atoms with Crippen LogP contribution in [0.3, 0.4) is 0 Å². The van der Waals surface area contributed by atoms with Crippen LogP contribution in [-0.2, 0) is 0 Å². The molecule has 0 aliphatic heterocycles. The van der Waals surface area contributed by atoms with Gasteiger partial charge in [-0.15, -0.1) is 0 Å². The van der Waals surface area contributed by atoms with Gasteiger partial charge in [0.25, 0.3) is 0 Å². The number of nitrogens with zero attached hydrogens (tertiary/aromatic N) is 1. The number of aromatic nitrogens is 2. The number of rotatable bonds is 1. The molecule has 1 aliphatic carbocycles. The van der Waals surface area contributed by atoms with Crippen molar-refractivity contribution in [1.29, 1.82) is 0 Å². The van der Waals surface area contributed by atoms with E-state index >= 15 is 0 Å². The summed E-state index contributed by atoms with van der Waals surface area (Å²) in [5.41, 5.74) is 1.88. The van der Waals surface area contributed by atoms with E-state index in [-0.39, 0.29) is 5.75 Å². The molecule has 0 bridgehead atoms. The topological polar surface area (TPSA) is 48.9 Å². The van der Waals surface area contributed by atoms with E-state index in [9.17, 15) is 5.11 Å². The molecular formula is C10H10N2O. The van der Waals surface area contributed by atoms with Crippen LogP contribution < -0.4 is 0 Å². The molecule has 0 saturated heterocycles. The number of phenolic OH excluding ortho intramolecular Hbond substituents is 1. The molecule has 1 aromatic carbocycles. The summed E-state index contributed by atoms with van der Waals surface area (Å²) in [5.74, 6) is 0.910. The highest BCUT2D eigenvalue weighted by molar-refractivity contribution is 5.87. The molecule has 0 unspecified atom stereocenters. The van der Waals surface area contributed by atoms with E-state index in [0.29, 0.717) is 11.4 Å². The van der Waals surface area contributed by atoms with Crippen molar-refractivity contribution in [3.05, 3.63) is 23.9 Å². The first kappa shape index (κ1) is 6.95. The van der Waals surface area contributed by atoms with Gasteiger partial charge in [-0.3, -0.25) is 5.10 Å².